The number of nitrogens with zero attached hydrogens (tertiary/aromatic N) is 1. The summed E-state index contributed by atoms with van der Waals surface area (Å²) in [6, 6.07) is 20.2. The van der Waals surface area contributed by atoms with Gasteiger partial charge in [0.05, 0.1) is 12.1 Å². The van der Waals surface area contributed by atoms with Crippen LogP contribution < -0.4 is 16.1 Å². The van der Waals surface area contributed by atoms with E-state index >= 15 is 0 Å². The second-order valence-corrected chi connectivity index (χ2v) is 13.2. The zero-order valence-electron chi connectivity index (χ0n) is 17.7. The molecule has 29 heavy (non-hydrogen) atoms. The van der Waals surface area contributed by atoms with Crippen LogP contribution in [-0.4, -0.2) is 49.1 Å². The molecule has 1 aliphatic rings. The van der Waals surface area contributed by atoms with Gasteiger partial charge >= 0.3 is 6.09 Å². The van der Waals surface area contributed by atoms with E-state index in [1.807, 2.05) is 19.1 Å². The zero-order chi connectivity index (χ0) is 21.2. The molecule has 1 amide bonds. The highest BCUT2D eigenvalue weighted by atomic mass is 28.4. The van der Waals surface area contributed by atoms with E-state index in [-0.39, 0.29) is 23.2 Å². The molecule has 6 heteroatoms. The first-order valence-corrected chi connectivity index (χ1v) is 12.1. The Morgan fingerprint density at radius 3 is 1.97 bits per heavy atom. The fourth-order valence-corrected chi connectivity index (χ4v) is 9.41. The van der Waals surface area contributed by atoms with E-state index in [4.69, 9.17) is 10.2 Å². The van der Waals surface area contributed by atoms with Gasteiger partial charge in [0.15, 0.2) is 0 Å². The lowest BCUT2D eigenvalue weighted by Crippen LogP contribution is -2.69. The summed E-state index contributed by atoms with van der Waals surface area (Å²) in [5.41, 5.74) is 6.25. The third-order valence-corrected chi connectivity index (χ3v) is 11.0. The molecule has 2 aromatic rings. The Balaban J connectivity index is 2.15. The lowest BCUT2D eigenvalue weighted by molar-refractivity contribution is 0.0975. The zero-order valence-corrected chi connectivity index (χ0v) is 18.7. The summed E-state index contributed by atoms with van der Waals surface area (Å²) in [4.78, 5) is 13.2. The van der Waals surface area contributed by atoms with E-state index < -0.39 is 14.4 Å². The van der Waals surface area contributed by atoms with Crippen LogP contribution in [0.2, 0.25) is 5.04 Å². The summed E-state index contributed by atoms with van der Waals surface area (Å²) in [7, 11) is -2.74. The molecule has 3 rings (SSSR count). The van der Waals surface area contributed by atoms with Crippen LogP contribution in [0.1, 0.15) is 34.1 Å². The molecule has 0 radical (unpaired) electrons. The second kappa shape index (κ2) is 8.30. The number of carboxylic acid groups (broad SMARTS) is 1. The first-order chi connectivity index (χ1) is 13.7. The maximum Gasteiger partial charge on any atom is 0.407 e. The minimum Gasteiger partial charge on any atom is -0.465 e. The van der Waals surface area contributed by atoms with Gasteiger partial charge in [-0.1, -0.05) is 81.4 Å². The largest absolute Gasteiger partial charge is 0.465 e. The molecule has 0 bridgehead atoms. The summed E-state index contributed by atoms with van der Waals surface area (Å²) < 4.78 is 7.14. The summed E-state index contributed by atoms with van der Waals surface area (Å²) in [6.07, 6.45) is -0.513. The van der Waals surface area contributed by atoms with Crippen molar-refractivity contribution in [1.82, 2.24) is 4.90 Å². The smallest absolute Gasteiger partial charge is 0.407 e. The minimum absolute atomic E-state index is 0.158. The van der Waals surface area contributed by atoms with Crippen molar-refractivity contribution >= 4 is 24.8 Å². The number of likely N-dealkylation sites (tertiary alicyclic amines) is 1. The average molecular weight is 413 g/mol. The standard InChI is InChI=1S/C23H32N2O3Si/c1-17(24)21-20(15-16-25(21)22(26)27)28-29(23(2,3)4,18-11-7-5-8-12-18)19-13-9-6-10-14-19/h5-14,17,20-21H,15-16,24H2,1-4H3,(H,26,27). The van der Waals surface area contributed by atoms with Crippen molar-refractivity contribution in [3.8, 4) is 0 Å². The predicted molar refractivity (Wildman–Crippen MR) is 119 cm³/mol. The van der Waals surface area contributed by atoms with Gasteiger partial charge in [-0.2, -0.15) is 0 Å². The Bertz CT molecular complexity index is 782. The van der Waals surface area contributed by atoms with Crippen molar-refractivity contribution < 1.29 is 14.3 Å². The van der Waals surface area contributed by atoms with Gasteiger partial charge in [0.25, 0.3) is 8.32 Å². The number of carbonyl (C=O) groups is 1. The van der Waals surface area contributed by atoms with E-state index in [9.17, 15) is 9.90 Å². The highest BCUT2D eigenvalue weighted by Crippen LogP contribution is 2.39. The lowest BCUT2D eigenvalue weighted by Gasteiger charge is -2.46. The summed E-state index contributed by atoms with van der Waals surface area (Å²) >= 11 is 0. The number of hydrogen-bond acceptors (Lipinski definition) is 3. The number of rotatable bonds is 5. The Hall–Kier alpha value is -2.15. The molecule has 1 heterocycles. The summed E-state index contributed by atoms with van der Waals surface area (Å²) in [6.45, 7) is 9.00. The topological polar surface area (TPSA) is 75.8 Å². The third kappa shape index (κ3) is 3.97. The van der Waals surface area contributed by atoms with Crippen molar-refractivity contribution in [2.45, 2.75) is 57.3 Å². The van der Waals surface area contributed by atoms with E-state index in [2.05, 4.69) is 69.3 Å². The molecule has 1 aliphatic heterocycles. The van der Waals surface area contributed by atoms with Gasteiger partial charge in [-0.25, -0.2) is 4.79 Å². The monoisotopic (exact) mass is 412 g/mol. The van der Waals surface area contributed by atoms with E-state index in [0.717, 1.165) is 0 Å². The fraction of sp³-hybridized carbons (Fsp3) is 0.435. The molecule has 0 aliphatic carbocycles. The molecule has 1 saturated heterocycles. The van der Waals surface area contributed by atoms with Crippen molar-refractivity contribution in [2.24, 2.45) is 5.73 Å². The number of nitrogens with two attached hydrogens (primary N) is 1. The fourth-order valence-electron chi connectivity index (χ4n) is 4.68. The van der Waals surface area contributed by atoms with Crippen LogP contribution in [0.5, 0.6) is 0 Å². The quantitative estimate of drug-likeness (QED) is 0.740. The molecule has 3 unspecified atom stereocenters. The molecule has 0 aromatic heterocycles. The van der Waals surface area contributed by atoms with E-state index in [1.165, 1.54) is 15.3 Å². The highest BCUT2D eigenvalue weighted by molar-refractivity contribution is 6.99. The highest BCUT2D eigenvalue weighted by Gasteiger charge is 2.54. The van der Waals surface area contributed by atoms with E-state index in [1.54, 1.807) is 0 Å². The Morgan fingerprint density at radius 2 is 1.59 bits per heavy atom. The van der Waals surface area contributed by atoms with Crippen molar-refractivity contribution in [2.75, 3.05) is 6.54 Å². The van der Waals surface area contributed by atoms with Gasteiger partial charge in [0.1, 0.15) is 0 Å². The molecular formula is C23H32N2O3Si. The summed E-state index contributed by atoms with van der Waals surface area (Å²) in [5, 5.41) is 11.9. The van der Waals surface area contributed by atoms with Gasteiger partial charge in [-0.15, -0.1) is 0 Å². The maximum atomic E-state index is 11.8. The second-order valence-electron chi connectivity index (χ2n) is 8.93. The number of benzene rings is 2. The Kier molecular flexibility index (Phi) is 6.17. The van der Waals surface area contributed by atoms with Crippen molar-refractivity contribution in [1.29, 1.82) is 0 Å². The molecule has 0 saturated carbocycles. The molecule has 5 nitrogen and oxygen atoms in total. The van der Waals surface area contributed by atoms with Crippen LogP contribution in [0, 0.1) is 0 Å². The minimum atomic E-state index is -2.74. The molecule has 3 N–H and O–H groups in total. The number of amides is 1. The first kappa shape index (κ1) is 21.6. The molecule has 2 aromatic carbocycles. The van der Waals surface area contributed by atoms with E-state index in [0.29, 0.717) is 13.0 Å². The maximum absolute atomic E-state index is 11.8. The van der Waals surface area contributed by atoms with Crippen LogP contribution in [-0.2, 0) is 4.43 Å². The molecule has 156 valence electrons. The molecule has 1 fully saturated rings. The Labute approximate surface area is 174 Å². The number of hydrogen-bond donors (Lipinski definition) is 2. The predicted octanol–water partition coefficient (Wildman–Crippen LogP) is 3.03. The van der Waals surface area contributed by atoms with Crippen LogP contribution in [0.3, 0.4) is 0 Å². The van der Waals surface area contributed by atoms with Crippen molar-refractivity contribution in [3.05, 3.63) is 60.7 Å². The van der Waals surface area contributed by atoms with Crippen LogP contribution in [0.15, 0.2) is 60.7 Å². The SMILES string of the molecule is CC(N)C1C(O[Si](c2ccccc2)(c2ccccc2)C(C)(C)C)CCN1C(=O)O. The summed E-state index contributed by atoms with van der Waals surface area (Å²) in [5.74, 6) is 0. The lowest BCUT2D eigenvalue weighted by atomic mass is 10.1. The normalized spacial score (nSPS) is 21.2. The first-order valence-electron chi connectivity index (χ1n) is 10.2. The van der Waals surface area contributed by atoms with Gasteiger partial charge in [0.2, 0.25) is 0 Å². The van der Waals surface area contributed by atoms with Gasteiger partial charge in [-0.3, -0.25) is 0 Å². The van der Waals surface area contributed by atoms with Gasteiger partial charge in [0, 0.05) is 12.6 Å². The molecule has 0 spiro atoms. The van der Waals surface area contributed by atoms with Crippen LogP contribution >= 0.6 is 0 Å². The van der Waals surface area contributed by atoms with Crippen LogP contribution in [0.4, 0.5) is 4.79 Å². The molecule has 3 atom stereocenters. The van der Waals surface area contributed by atoms with Crippen molar-refractivity contribution in [3.63, 3.8) is 0 Å². The average Bonchev–Trinajstić information content (AvgIpc) is 3.10. The Morgan fingerprint density at radius 1 is 1.10 bits per heavy atom. The molecular weight excluding hydrogens is 380 g/mol. The van der Waals surface area contributed by atoms with Gasteiger partial charge < -0.3 is 20.2 Å². The van der Waals surface area contributed by atoms with Gasteiger partial charge in [-0.05, 0) is 28.8 Å². The third-order valence-electron chi connectivity index (χ3n) is 5.92. The van der Waals surface area contributed by atoms with Crippen LogP contribution in [0.25, 0.3) is 0 Å².